The fourth-order valence-electron chi connectivity index (χ4n) is 3.65. The normalized spacial score (nSPS) is 12.6. The van der Waals surface area contributed by atoms with Gasteiger partial charge in [-0.3, -0.25) is 19.4 Å². The van der Waals surface area contributed by atoms with Gasteiger partial charge >= 0.3 is 6.03 Å². The van der Waals surface area contributed by atoms with Crippen molar-refractivity contribution in [2.75, 3.05) is 18.0 Å². The highest BCUT2D eigenvalue weighted by molar-refractivity contribution is 9.10. The number of rotatable bonds is 7. The molecule has 3 aromatic rings. The summed E-state index contributed by atoms with van der Waals surface area (Å²) in [5, 5.41) is 2.92. The number of urea groups is 1. The maximum atomic E-state index is 13.0. The second-order valence-electron chi connectivity index (χ2n) is 7.44. The zero-order valence-electron chi connectivity index (χ0n) is 17.3. The van der Waals surface area contributed by atoms with E-state index in [0.29, 0.717) is 30.6 Å². The molecule has 1 heterocycles. The monoisotopic (exact) mass is 491 g/mol. The molecule has 0 unspecified atom stereocenters. The number of para-hydroxylation sites is 1. The highest BCUT2D eigenvalue weighted by Gasteiger charge is 2.35. The van der Waals surface area contributed by atoms with Crippen LogP contribution in [0.2, 0.25) is 0 Å². The minimum atomic E-state index is -0.299. The number of imide groups is 1. The molecule has 6 nitrogen and oxygen atoms in total. The Morgan fingerprint density at radius 1 is 0.875 bits per heavy atom. The summed E-state index contributed by atoms with van der Waals surface area (Å²) in [6.07, 6.45) is 0.465. The van der Waals surface area contributed by atoms with E-state index in [1.165, 1.54) is 4.90 Å². The average Bonchev–Trinajstić information content (AvgIpc) is 3.05. The van der Waals surface area contributed by atoms with Gasteiger partial charge in [0.05, 0.1) is 17.7 Å². The summed E-state index contributed by atoms with van der Waals surface area (Å²) in [6.45, 7) is 1.02. The van der Waals surface area contributed by atoms with Crippen LogP contribution in [0.4, 0.5) is 10.5 Å². The Morgan fingerprint density at radius 3 is 2.25 bits per heavy atom. The van der Waals surface area contributed by atoms with E-state index in [9.17, 15) is 14.4 Å². The third-order valence-corrected chi connectivity index (χ3v) is 5.76. The molecule has 7 heteroatoms. The molecule has 1 aliphatic rings. The number of amides is 4. The quantitative estimate of drug-likeness (QED) is 0.379. The molecular weight excluding hydrogens is 470 g/mol. The first kappa shape index (κ1) is 21.8. The van der Waals surface area contributed by atoms with Gasteiger partial charge in [0.2, 0.25) is 0 Å². The minimum absolute atomic E-state index is 0.230. The summed E-state index contributed by atoms with van der Waals surface area (Å²) >= 11 is 3.33. The number of nitrogens with zero attached hydrogens (tertiary/aromatic N) is 2. The zero-order chi connectivity index (χ0) is 22.5. The summed E-state index contributed by atoms with van der Waals surface area (Å²) in [5.41, 5.74) is 2.63. The van der Waals surface area contributed by atoms with Gasteiger partial charge in [0.25, 0.3) is 11.8 Å². The molecule has 162 valence electrons. The summed E-state index contributed by atoms with van der Waals surface area (Å²) in [5.74, 6) is -0.591. The lowest BCUT2D eigenvalue weighted by molar-refractivity contribution is 0.0653. The molecule has 0 atom stereocenters. The Balaban J connectivity index is 1.36. The van der Waals surface area contributed by atoms with Gasteiger partial charge in [-0.05, 0) is 42.3 Å². The number of carbonyl (C=O) groups excluding carboxylic acids is 3. The van der Waals surface area contributed by atoms with Gasteiger partial charge in [0.1, 0.15) is 0 Å². The maximum Gasteiger partial charge on any atom is 0.322 e. The van der Waals surface area contributed by atoms with Gasteiger partial charge in [-0.2, -0.15) is 0 Å². The van der Waals surface area contributed by atoms with Crippen molar-refractivity contribution in [2.45, 2.75) is 13.0 Å². The fourth-order valence-corrected chi connectivity index (χ4v) is 4.01. The molecule has 1 aliphatic heterocycles. The second-order valence-corrected chi connectivity index (χ2v) is 8.36. The number of benzene rings is 3. The molecule has 0 bridgehead atoms. The predicted octanol–water partition coefficient (Wildman–Crippen LogP) is 4.85. The number of hydrogen-bond acceptors (Lipinski definition) is 3. The molecule has 0 aliphatic carbocycles. The van der Waals surface area contributed by atoms with Crippen molar-refractivity contribution < 1.29 is 14.4 Å². The van der Waals surface area contributed by atoms with Crippen LogP contribution in [0, 0.1) is 0 Å². The van der Waals surface area contributed by atoms with Crippen LogP contribution in [-0.2, 0) is 6.54 Å². The Kier molecular flexibility index (Phi) is 6.66. The molecule has 3 aromatic carbocycles. The van der Waals surface area contributed by atoms with Gasteiger partial charge < -0.3 is 5.32 Å². The van der Waals surface area contributed by atoms with Crippen molar-refractivity contribution in [1.82, 2.24) is 10.2 Å². The van der Waals surface area contributed by atoms with Crippen LogP contribution in [0.1, 0.15) is 32.7 Å². The van der Waals surface area contributed by atoms with E-state index in [-0.39, 0.29) is 24.4 Å². The van der Waals surface area contributed by atoms with E-state index in [1.807, 2.05) is 60.7 Å². The topological polar surface area (TPSA) is 69.7 Å². The molecule has 4 rings (SSSR count). The zero-order valence-corrected chi connectivity index (χ0v) is 18.9. The van der Waals surface area contributed by atoms with E-state index >= 15 is 0 Å². The largest absolute Gasteiger partial charge is 0.338 e. The van der Waals surface area contributed by atoms with Crippen molar-refractivity contribution >= 4 is 39.5 Å². The van der Waals surface area contributed by atoms with E-state index in [1.54, 1.807) is 23.1 Å². The van der Waals surface area contributed by atoms with E-state index in [0.717, 1.165) is 15.7 Å². The smallest absolute Gasteiger partial charge is 0.322 e. The van der Waals surface area contributed by atoms with E-state index < -0.39 is 0 Å². The van der Waals surface area contributed by atoms with Crippen LogP contribution >= 0.6 is 15.9 Å². The van der Waals surface area contributed by atoms with Crippen molar-refractivity contribution in [3.63, 3.8) is 0 Å². The summed E-state index contributed by atoms with van der Waals surface area (Å²) in [6, 6.07) is 24.1. The lowest BCUT2D eigenvalue weighted by Crippen LogP contribution is -2.41. The Hall–Kier alpha value is -3.45. The first-order valence-electron chi connectivity index (χ1n) is 10.3. The predicted molar refractivity (Wildman–Crippen MR) is 127 cm³/mol. The van der Waals surface area contributed by atoms with Crippen LogP contribution in [0.5, 0.6) is 0 Å². The van der Waals surface area contributed by atoms with Crippen molar-refractivity contribution in [2.24, 2.45) is 0 Å². The molecule has 0 aromatic heterocycles. The van der Waals surface area contributed by atoms with Gasteiger partial charge in [0.15, 0.2) is 0 Å². The van der Waals surface area contributed by atoms with Crippen molar-refractivity contribution in [3.8, 4) is 0 Å². The van der Waals surface area contributed by atoms with E-state index in [2.05, 4.69) is 21.2 Å². The van der Waals surface area contributed by atoms with Crippen LogP contribution in [0.3, 0.4) is 0 Å². The number of carbonyl (C=O) groups is 3. The molecular formula is C25H22BrN3O3. The van der Waals surface area contributed by atoms with E-state index in [4.69, 9.17) is 0 Å². The number of hydrogen-bond donors (Lipinski definition) is 1. The maximum absolute atomic E-state index is 13.0. The molecule has 1 N–H and O–H groups in total. The third-order valence-electron chi connectivity index (χ3n) is 5.26. The molecule has 0 radical (unpaired) electrons. The third kappa shape index (κ3) is 4.73. The van der Waals surface area contributed by atoms with Gasteiger partial charge in [0, 0.05) is 23.2 Å². The van der Waals surface area contributed by atoms with Crippen LogP contribution in [0.25, 0.3) is 0 Å². The van der Waals surface area contributed by atoms with Gasteiger partial charge in [-0.25, -0.2) is 4.79 Å². The number of halogens is 1. The van der Waals surface area contributed by atoms with Gasteiger partial charge in [-0.15, -0.1) is 0 Å². The lowest BCUT2D eigenvalue weighted by Gasteiger charge is -2.24. The molecule has 32 heavy (non-hydrogen) atoms. The Labute approximate surface area is 195 Å². The summed E-state index contributed by atoms with van der Waals surface area (Å²) < 4.78 is 0.755. The van der Waals surface area contributed by atoms with Crippen molar-refractivity contribution in [3.05, 3.63) is 100 Å². The highest BCUT2D eigenvalue weighted by Crippen LogP contribution is 2.26. The van der Waals surface area contributed by atoms with Crippen LogP contribution in [0.15, 0.2) is 83.3 Å². The highest BCUT2D eigenvalue weighted by atomic mass is 79.9. The first-order valence-corrected chi connectivity index (χ1v) is 11.1. The average molecular weight is 492 g/mol. The minimum Gasteiger partial charge on any atom is -0.338 e. The molecule has 0 saturated carbocycles. The second kappa shape index (κ2) is 9.78. The van der Waals surface area contributed by atoms with Crippen LogP contribution in [-0.4, -0.2) is 35.8 Å². The number of fused-ring (bicyclic) bond motifs is 1. The molecule has 0 fully saturated rings. The van der Waals surface area contributed by atoms with Crippen molar-refractivity contribution in [1.29, 1.82) is 0 Å². The summed E-state index contributed by atoms with van der Waals surface area (Å²) in [4.78, 5) is 41.0. The van der Waals surface area contributed by atoms with Crippen LogP contribution < -0.4 is 10.2 Å². The SMILES string of the molecule is O=C1c2ccc(Br)cc2C(=O)N1CCCNC(=O)N(Cc1ccccc1)c1ccccc1. The molecule has 4 amide bonds. The molecule has 0 spiro atoms. The number of anilines is 1. The first-order chi connectivity index (χ1) is 15.5. The Morgan fingerprint density at radius 2 is 1.53 bits per heavy atom. The lowest BCUT2D eigenvalue weighted by atomic mass is 10.1. The standard InChI is InChI=1S/C25H22BrN3O3/c26-19-12-13-21-22(16-19)24(31)28(23(21)30)15-7-14-27-25(32)29(20-10-5-2-6-11-20)17-18-8-3-1-4-9-18/h1-6,8-13,16H,7,14-15,17H2,(H,27,32). The number of nitrogens with one attached hydrogen (secondary N) is 1. The summed E-state index contributed by atoms with van der Waals surface area (Å²) in [7, 11) is 0. The molecule has 0 saturated heterocycles. The fraction of sp³-hybridized carbons (Fsp3) is 0.160. The van der Waals surface area contributed by atoms with Gasteiger partial charge in [-0.1, -0.05) is 64.5 Å². The Bertz CT molecular complexity index is 1140.